The molecule has 1 aromatic carbocycles. The van der Waals surface area contributed by atoms with Crippen molar-refractivity contribution in [1.29, 1.82) is 0 Å². The van der Waals surface area contributed by atoms with Crippen LogP contribution in [0.5, 0.6) is 5.75 Å². The van der Waals surface area contributed by atoms with Gasteiger partial charge in [-0.25, -0.2) is 0 Å². The van der Waals surface area contributed by atoms with Crippen molar-refractivity contribution >= 4 is 17.5 Å². The number of aliphatic hydroxyl groups excluding tert-OH is 2. The Balaban J connectivity index is 1.66. The number of nitrogens with two attached hydrogens (primary N) is 1. The van der Waals surface area contributed by atoms with E-state index in [0.717, 1.165) is 24.9 Å². The number of nitrogens with zero attached hydrogens (tertiary/aromatic N) is 2. The lowest BCUT2D eigenvalue weighted by molar-refractivity contribution is -0.148. The summed E-state index contributed by atoms with van der Waals surface area (Å²) in [5, 5.41) is 44.6. The Hall–Kier alpha value is -3.21. The standard InChI is InChI=1S/C26H31N3O7/c1-28(2)20-14-9-13-8-12-7-11(15-5-4-6-29(15)3)10-16(30)17(12)21(31)18(13)23(33)26(14,36)24(34)19(22(20)32)25(27)35/h7,10,13-15,20,30,32-33,36H,4-6,8-9H2,1-3H3,(H2,27,35)/t13-,14-,15-,20-,26-/m0/s1. The smallest absolute Gasteiger partial charge is 0.255 e. The molecular weight excluding hydrogens is 466 g/mol. The number of fused-ring (bicyclic) bond motifs is 3. The Morgan fingerprint density at radius 1 is 1.19 bits per heavy atom. The fraction of sp³-hybridized carbons (Fsp3) is 0.500. The van der Waals surface area contributed by atoms with Crippen molar-refractivity contribution in [1.82, 2.24) is 9.80 Å². The zero-order valence-electron chi connectivity index (χ0n) is 20.5. The second kappa shape index (κ2) is 8.16. The van der Waals surface area contributed by atoms with Crippen molar-refractivity contribution in [2.45, 2.75) is 43.4 Å². The van der Waals surface area contributed by atoms with Gasteiger partial charge in [0.25, 0.3) is 5.91 Å². The van der Waals surface area contributed by atoms with Gasteiger partial charge in [-0.2, -0.15) is 0 Å². The number of hydrogen-bond donors (Lipinski definition) is 5. The normalized spacial score (nSPS) is 32.6. The first kappa shape index (κ1) is 24.5. The Bertz CT molecular complexity index is 1270. The molecule has 5 atom stereocenters. The number of primary amides is 1. The Morgan fingerprint density at radius 2 is 1.89 bits per heavy atom. The third-order valence-corrected chi connectivity index (χ3v) is 8.46. The molecule has 192 valence electrons. The number of ketones is 2. The van der Waals surface area contributed by atoms with Crippen molar-refractivity contribution in [2.24, 2.45) is 17.6 Å². The highest BCUT2D eigenvalue weighted by molar-refractivity contribution is 6.24. The van der Waals surface area contributed by atoms with Crippen molar-refractivity contribution in [3.05, 3.63) is 51.5 Å². The largest absolute Gasteiger partial charge is 0.510 e. The summed E-state index contributed by atoms with van der Waals surface area (Å²) in [6.45, 7) is 0.940. The van der Waals surface area contributed by atoms with E-state index in [2.05, 4.69) is 4.90 Å². The lowest BCUT2D eigenvalue weighted by atomic mass is 9.58. The second-order valence-electron chi connectivity index (χ2n) is 10.7. The number of phenols is 1. The first-order chi connectivity index (χ1) is 16.9. The van der Waals surface area contributed by atoms with Crippen molar-refractivity contribution in [2.75, 3.05) is 27.7 Å². The van der Waals surface area contributed by atoms with Crippen LogP contribution in [-0.2, 0) is 16.0 Å². The molecule has 10 heteroatoms. The molecule has 0 bridgehead atoms. The summed E-state index contributed by atoms with van der Waals surface area (Å²) in [5.41, 5.74) is 3.37. The molecule has 10 nitrogen and oxygen atoms in total. The quantitative estimate of drug-likeness (QED) is 0.381. The van der Waals surface area contributed by atoms with E-state index in [0.29, 0.717) is 12.0 Å². The minimum Gasteiger partial charge on any atom is -0.510 e. The molecule has 6 N–H and O–H groups in total. The Kier molecular flexibility index (Phi) is 5.55. The Labute approximate surface area is 208 Å². The van der Waals surface area contributed by atoms with Gasteiger partial charge in [0, 0.05) is 17.5 Å². The van der Waals surface area contributed by atoms with Crippen LogP contribution in [0.2, 0.25) is 0 Å². The first-order valence-corrected chi connectivity index (χ1v) is 12.1. The molecule has 1 fully saturated rings. The Morgan fingerprint density at radius 3 is 2.47 bits per heavy atom. The van der Waals surface area contributed by atoms with E-state index in [1.54, 1.807) is 20.2 Å². The number of hydrogen-bond acceptors (Lipinski definition) is 9. The molecule has 5 rings (SSSR count). The van der Waals surface area contributed by atoms with Crippen LogP contribution in [0.4, 0.5) is 0 Å². The summed E-state index contributed by atoms with van der Waals surface area (Å²) >= 11 is 0. The maximum atomic E-state index is 13.6. The van der Waals surface area contributed by atoms with Crippen LogP contribution in [0, 0.1) is 11.8 Å². The van der Waals surface area contributed by atoms with Crippen LogP contribution in [-0.4, -0.2) is 87.0 Å². The number of carbonyl (C=O) groups excluding carboxylic acids is 3. The molecule has 1 aromatic rings. The number of amides is 1. The minimum absolute atomic E-state index is 0.0418. The highest BCUT2D eigenvalue weighted by atomic mass is 16.3. The van der Waals surface area contributed by atoms with Gasteiger partial charge in [0.2, 0.25) is 5.78 Å². The topological polar surface area (TPSA) is 165 Å². The molecule has 1 amide bonds. The predicted octanol–water partition coefficient (Wildman–Crippen LogP) is 0.887. The maximum absolute atomic E-state index is 13.6. The van der Waals surface area contributed by atoms with E-state index < -0.39 is 58.0 Å². The van der Waals surface area contributed by atoms with E-state index >= 15 is 0 Å². The van der Waals surface area contributed by atoms with Gasteiger partial charge in [-0.15, -0.1) is 0 Å². The molecule has 0 saturated carbocycles. The van der Waals surface area contributed by atoms with Gasteiger partial charge in [-0.3, -0.25) is 24.2 Å². The monoisotopic (exact) mass is 497 g/mol. The zero-order chi connectivity index (χ0) is 26.3. The maximum Gasteiger partial charge on any atom is 0.255 e. The van der Waals surface area contributed by atoms with Crippen molar-refractivity contribution < 1.29 is 34.8 Å². The van der Waals surface area contributed by atoms with Crippen molar-refractivity contribution in [3.8, 4) is 5.75 Å². The molecular formula is C26H31N3O7. The minimum atomic E-state index is -2.62. The lowest BCUT2D eigenvalue weighted by Gasteiger charge is -2.50. The number of aromatic hydroxyl groups is 1. The number of allylic oxidation sites excluding steroid dienone is 1. The van der Waals surface area contributed by atoms with Gasteiger partial charge in [-0.1, -0.05) is 6.07 Å². The van der Waals surface area contributed by atoms with Crippen LogP contribution in [0.25, 0.3) is 0 Å². The average molecular weight is 498 g/mol. The molecule has 1 aliphatic heterocycles. The molecule has 3 aliphatic carbocycles. The third-order valence-electron chi connectivity index (χ3n) is 8.46. The second-order valence-corrected chi connectivity index (χ2v) is 10.7. The van der Waals surface area contributed by atoms with Crippen LogP contribution in [0.3, 0.4) is 0 Å². The lowest BCUT2D eigenvalue weighted by Crippen LogP contribution is -2.63. The molecule has 36 heavy (non-hydrogen) atoms. The molecule has 1 saturated heterocycles. The summed E-state index contributed by atoms with van der Waals surface area (Å²) in [6, 6.07) is 2.62. The molecule has 0 radical (unpaired) electrons. The third kappa shape index (κ3) is 3.17. The number of rotatable bonds is 3. The predicted molar refractivity (Wildman–Crippen MR) is 128 cm³/mol. The van der Waals surface area contributed by atoms with Crippen LogP contribution < -0.4 is 5.73 Å². The van der Waals surface area contributed by atoms with Crippen molar-refractivity contribution in [3.63, 3.8) is 0 Å². The number of carbonyl (C=O) groups is 3. The number of likely N-dealkylation sites (N-methyl/N-ethyl adjacent to an activating group) is 1. The van der Waals surface area contributed by atoms with E-state index in [-0.39, 0.29) is 29.3 Å². The highest BCUT2D eigenvalue weighted by Gasteiger charge is 2.63. The van der Waals surface area contributed by atoms with Gasteiger partial charge in [0.1, 0.15) is 22.8 Å². The van der Waals surface area contributed by atoms with E-state index in [1.165, 1.54) is 4.90 Å². The zero-order valence-corrected chi connectivity index (χ0v) is 20.5. The molecule has 1 heterocycles. The van der Waals surface area contributed by atoms with Crippen LogP contribution in [0.15, 0.2) is 34.8 Å². The summed E-state index contributed by atoms with van der Waals surface area (Å²) in [4.78, 5) is 42.7. The highest BCUT2D eigenvalue weighted by Crippen LogP contribution is 2.52. The summed E-state index contributed by atoms with van der Waals surface area (Å²) in [7, 11) is 5.23. The van der Waals surface area contributed by atoms with Gasteiger partial charge in [-0.05, 0) is 76.5 Å². The number of phenolic OH excluding ortho intramolecular Hbond substituents is 1. The number of Topliss-reactive ketones (excluding diaryl/α,β-unsaturated/α-hetero) is 2. The summed E-state index contributed by atoms with van der Waals surface area (Å²) < 4.78 is 0. The van der Waals surface area contributed by atoms with Gasteiger partial charge < -0.3 is 26.2 Å². The number of benzene rings is 1. The van der Waals surface area contributed by atoms with E-state index in [9.17, 15) is 34.8 Å². The molecule has 0 aromatic heterocycles. The SMILES string of the molecule is CN(C)[C@@H]1C(O)=C(C(N)=O)C(=O)[C@@]2(O)C(O)=C3C(=O)c4c(O)cc([C@@H]5CCCN5C)cc4C[C@H]3C[C@@H]12. The van der Waals surface area contributed by atoms with Crippen LogP contribution in [0.1, 0.15) is 46.8 Å². The van der Waals surface area contributed by atoms with Gasteiger partial charge in [0.05, 0.1) is 11.6 Å². The summed E-state index contributed by atoms with van der Waals surface area (Å²) in [6.07, 6.45) is 2.35. The first-order valence-electron chi connectivity index (χ1n) is 12.1. The van der Waals surface area contributed by atoms with E-state index in [4.69, 9.17) is 5.73 Å². The molecule has 4 aliphatic rings. The number of aliphatic hydroxyl groups is 3. The summed E-state index contributed by atoms with van der Waals surface area (Å²) in [5.74, 6) is -6.36. The fourth-order valence-corrected chi connectivity index (χ4v) is 6.83. The average Bonchev–Trinajstić information content (AvgIpc) is 3.21. The van der Waals surface area contributed by atoms with Gasteiger partial charge in [0.15, 0.2) is 11.4 Å². The van der Waals surface area contributed by atoms with Crippen LogP contribution >= 0.6 is 0 Å². The van der Waals surface area contributed by atoms with Gasteiger partial charge >= 0.3 is 0 Å². The molecule has 0 spiro atoms. The molecule has 0 unspecified atom stereocenters. The fourth-order valence-electron chi connectivity index (χ4n) is 6.83. The number of likely N-dealkylation sites (tertiary alicyclic amines) is 1. The van der Waals surface area contributed by atoms with E-state index in [1.807, 2.05) is 13.1 Å².